The predicted octanol–water partition coefficient (Wildman–Crippen LogP) is 1.99. The number of ether oxygens (including phenoxy) is 1. The van der Waals surface area contributed by atoms with Gasteiger partial charge in [-0.1, -0.05) is 23.5 Å². The Hall–Kier alpha value is -1.54. The first-order valence-electron chi connectivity index (χ1n) is 9.75. The Labute approximate surface area is 193 Å². The Morgan fingerprint density at radius 3 is 2.50 bits per heavy atom. The van der Waals surface area contributed by atoms with Gasteiger partial charge in [0.15, 0.2) is 21.7 Å². The summed E-state index contributed by atoms with van der Waals surface area (Å²) in [5.41, 5.74) is 6.86. The van der Waals surface area contributed by atoms with E-state index in [1.165, 1.54) is 20.2 Å². The lowest BCUT2D eigenvalue weighted by molar-refractivity contribution is -0.109. The van der Waals surface area contributed by atoms with Crippen molar-refractivity contribution >= 4 is 58.5 Å². The number of nitrogens with one attached hydrogen (secondary N) is 1. The van der Waals surface area contributed by atoms with E-state index in [1.807, 2.05) is 0 Å². The molecule has 12 nitrogen and oxygen atoms in total. The highest BCUT2D eigenvalue weighted by Crippen LogP contribution is 2.46. The zero-order chi connectivity index (χ0) is 23.1. The zero-order valence-corrected chi connectivity index (χ0v) is 20.2. The van der Waals surface area contributed by atoms with Crippen molar-refractivity contribution in [1.29, 1.82) is 0 Å². The van der Waals surface area contributed by atoms with Crippen LogP contribution in [0.3, 0.4) is 0 Å². The van der Waals surface area contributed by atoms with E-state index in [0.29, 0.717) is 29.1 Å². The molecule has 3 heterocycles. The maximum Gasteiger partial charge on any atom is 0.405 e. The van der Waals surface area contributed by atoms with E-state index in [9.17, 15) is 14.2 Å². The quantitative estimate of drug-likeness (QED) is 0.338. The zero-order valence-electron chi connectivity index (χ0n) is 17.6. The van der Waals surface area contributed by atoms with Gasteiger partial charge in [0.05, 0.1) is 26.1 Å². The normalized spacial score (nSPS) is 18.9. The van der Waals surface area contributed by atoms with Crippen molar-refractivity contribution in [2.75, 3.05) is 37.1 Å². The number of imidazole rings is 1. The van der Waals surface area contributed by atoms with Gasteiger partial charge in [-0.3, -0.25) is 23.2 Å². The van der Waals surface area contributed by atoms with Crippen molar-refractivity contribution in [2.24, 2.45) is 0 Å². The van der Waals surface area contributed by atoms with Crippen LogP contribution in [-0.2, 0) is 27.9 Å². The van der Waals surface area contributed by atoms with Gasteiger partial charge in [0.2, 0.25) is 0 Å². The van der Waals surface area contributed by atoms with Crippen LogP contribution in [0.4, 0.5) is 5.82 Å². The third-order valence-corrected chi connectivity index (χ3v) is 7.59. The summed E-state index contributed by atoms with van der Waals surface area (Å²) in [5, 5.41) is 2.81. The molecule has 2 aromatic rings. The fourth-order valence-corrected chi connectivity index (χ4v) is 5.66. The summed E-state index contributed by atoms with van der Waals surface area (Å²) in [6, 6.07) is -0.330. The molecular weight excluding hydrogens is 479 g/mol. The van der Waals surface area contributed by atoms with Gasteiger partial charge in [0.1, 0.15) is 18.1 Å². The molecule has 0 bridgehead atoms. The van der Waals surface area contributed by atoms with E-state index in [2.05, 4.69) is 20.0 Å². The maximum atomic E-state index is 13.3. The molecule has 32 heavy (non-hydrogen) atoms. The van der Waals surface area contributed by atoms with Crippen LogP contribution in [0.25, 0.3) is 11.2 Å². The summed E-state index contributed by atoms with van der Waals surface area (Å²) in [6.07, 6.45) is 2.99. The maximum absolute atomic E-state index is 13.3. The molecule has 0 spiro atoms. The molecule has 0 radical (unpaired) electrons. The average Bonchev–Trinajstić information content (AvgIpc) is 3.36. The van der Waals surface area contributed by atoms with E-state index >= 15 is 0 Å². The Bertz CT molecular complexity index is 981. The van der Waals surface area contributed by atoms with Crippen molar-refractivity contribution in [2.45, 2.75) is 32.5 Å². The molecule has 1 fully saturated rings. The van der Waals surface area contributed by atoms with Crippen molar-refractivity contribution in [1.82, 2.24) is 24.6 Å². The van der Waals surface area contributed by atoms with Gasteiger partial charge in [-0.15, -0.1) is 0 Å². The first-order valence-corrected chi connectivity index (χ1v) is 13.3. The number of hydrogen-bond donors (Lipinski definition) is 2. The van der Waals surface area contributed by atoms with Gasteiger partial charge < -0.3 is 10.5 Å². The molecule has 2 aromatic heterocycles. The molecule has 0 aromatic carbocycles. The van der Waals surface area contributed by atoms with Crippen LogP contribution in [0.5, 0.6) is 0 Å². The third-order valence-electron chi connectivity index (χ3n) is 4.31. The number of anilines is 1. The topological polar surface area (TPSA) is 161 Å². The summed E-state index contributed by atoms with van der Waals surface area (Å²) < 4.78 is 31.9. The van der Waals surface area contributed by atoms with Gasteiger partial charge in [0.25, 0.3) is 0 Å². The lowest BCUT2D eigenvalue weighted by atomic mass is 10.2. The highest BCUT2D eigenvalue weighted by atomic mass is 32.2. The van der Waals surface area contributed by atoms with Crippen LogP contribution >= 0.6 is 31.3 Å². The minimum absolute atomic E-state index is 0.0563. The molecule has 1 aliphatic heterocycles. The van der Waals surface area contributed by atoms with Gasteiger partial charge in [-0.25, -0.2) is 24.6 Å². The average molecular weight is 505 g/mol. The Balaban J connectivity index is 1.61. The predicted molar refractivity (Wildman–Crippen MR) is 122 cm³/mol. The fraction of sp³-hybridized carbons (Fsp3) is 0.588. The number of rotatable bonds is 11. The standard InChI is InChI=1S/C17H25N6O6PS2/c1-11(24)31-5-3-28-30(26,29-4-6-32-12(2)25)22-13-7-14(27-8-13)23-10-21-15-16(18)19-9-20-17(15)23/h9-10,13-14H,3-8H2,1-2H3,(H,22,26)(H2,18,19,20). The first kappa shape index (κ1) is 25.1. The number of fused-ring (bicyclic) bond motifs is 1. The number of nitrogens with two attached hydrogens (primary N) is 1. The minimum atomic E-state index is -3.70. The largest absolute Gasteiger partial charge is 0.405 e. The molecule has 15 heteroatoms. The highest BCUT2D eigenvalue weighted by molar-refractivity contribution is 8.13. The van der Waals surface area contributed by atoms with E-state index in [4.69, 9.17) is 19.5 Å². The van der Waals surface area contributed by atoms with Crippen LogP contribution in [-0.4, -0.2) is 67.1 Å². The van der Waals surface area contributed by atoms with Crippen molar-refractivity contribution in [3.05, 3.63) is 12.7 Å². The van der Waals surface area contributed by atoms with E-state index in [0.717, 1.165) is 23.5 Å². The number of nitrogens with zero attached hydrogens (tertiary/aromatic N) is 4. The molecule has 1 saturated heterocycles. The lowest BCUT2D eigenvalue weighted by Gasteiger charge is -2.22. The summed E-state index contributed by atoms with van der Waals surface area (Å²) in [4.78, 5) is 34.6. The number of hydrogen-bond acceptors (Lipinski definition) is 12. The summed E-state index contributed by atoms with van der Waals surface area (Å²) in [7, 11) is -3.70. The van der Waals surface area contributed by atoms with Crippen LogP contribution in [0.15, 0.2) is 12.7 Å². The van der Waals surface area contributed by atoms with Crippen LogP contribution in [0.2, 0.25) is 0 Å². The Morgan fingerprint density at radius 1 is 1.22 bits per heavy atom. The van der Waals surface area contributed by atoms with Crippen molar-refractivity contribution in [3.8, 4) is 0 Å². The highest BCUT2D eigenvalue weighted by Gasteiger charge is 2.35. The summed E-state index contributed by atoms with van der Waals surface area (Å²) in [5.74, 6) is 0.969. The molecule has 3 N–H and O–H groups in total. The second-order valence-electron chi connectivity index (χ2n) is 6.78. The summed E-state index contributed by atoms with van der Waals surface area (Å²) >= 11 is 2.15. The SMILES string of the molecule is CC(=O)SCCOP(=O)(NC1COC(n2cnc3c(N)ncnc32)C1)OCCSC(C)=O. The van der Waals surface area contributed by atoms with Gasteiger partial charge >= 0.3 is 7.75 Å². The molecule has 2 unspecified atom stereocenters. The number of carbonyl (C=O) groups excluding carboxylic acids is 2. The monoisotopic (exact) mass is 504 g/mol. The van der Waals surface area contributed by atoms with Gasteiger partial charge in [0, 0.05) is 37.8 Å². The Morgan fingerprint density at radius 2 is 1.88 bits per heavy atom. The molecule has 1 aliphatic rings. The van der Waals surface area contributed by atoms with Gasteiger partial charge in [-0.05, 0) is 0 Å². The third kappa shape index (κ3) is 6.98. The minimum Gasteiger partial charge on any atom is -0.382 e. The number of nitrogen functional groups attached to an aromatic ring is 1. The van der Waals surface area contributed by atoms with Gasteiger partial charge in [-0.2, -0.15) is 0 Å². The molecule has 0 aliphatic carbocycles. The molecule has 2 atom stereocenters. The van der Waals surface area contributed by atoms with Crippen molar-refractivity contribution < 1.29 is 27.9 Å². The number of carbonyl (C=O) groups is 2. The summed E-state index contributed by atoms with van der Waals surface area (Å²) in [6.45, 7) is 3.28. The number of aromatic nitrogens is 4. The van der Waals surface area contributed by atoms with Crippen molar-refractivity contribution in [3.63, 3.8) is 0 Å². The number of thioether (sulfide) groups is 2. The fourth-order valence-electron chi connectivity index (χ4n) is 2.99. The van der Waals surface area contributed by atoms with Crippen LogP contribution in [0.1, 0.15) is 26.5 Å². The second kappa shape index (κ2) is 11.5. The van der Waals surface area contributed by atoms with E-state index < -0.39 is 14.0 Å². The molecular formula is C17H25N6O6PS2. The van der Waals surface area contributed by atoms with Crippen LogP contribution in [0, 0.1) is 0 Å². The smallest absolute Gasteiger partial charge is 0.382 e. The molecule has 3 rings (SSSR count). The molecule has 176 valence electrons. The molecule has 0 amide bonds. The first-order chi connectivity index (χ1) is 15.3. The lowest BCUT2D eigenvalue weighted by Crippen LogP contribution is -2.29. The van der Waals surface area contributed by atoms with Crippen LogP contribution < -0.4 is 10.8 Å². The van der Waals surface area contributed by atoms with E-state index in [1.54, 1.807) is 10.9 Å². The second-order valence-corrected chi connectivity index (χ2v) is 11.1. The molecule has 0 saturated carbocycles. The Kier molecular flexibility index (Phi) is 9.05. The van der Waals surface area contributed by atoms with E-state index in [-0.39, 0.29) is 41.9 Å².